The highest BCUT2D eigenvalue weighted by Gasteiger charge is 2.41. The summed E-state index contributed by atoms with van der Waals surface area (Å²) in [7, 11) is 0. The smallest absolute Gasteiger partial charge is 0.105 e. The molecule has 2 rings (SSSR count). The fourth-order valence-corrected chi connectivity index (χ4v) is 3.98. The van der Waals surface area contributed by atoms with Gasteiger partial charge in [0.05, 0.1) is 6.07 Å². The van der Waals surface area contributed by atoms with E-state index >= 15 is 0 Å². The third-order valence-electron chi connectivity index (χ3n) is 4.58. The van der Waals surface area contributed by atoms with E-state index < -0.39 is 5.54 Å². The largest absolute Gasteiger partial charge is 0.297 e. The summed E-state index contributed by atoms with van der Waals surface area (Å²) in [6.45, 7) is 9.81. The first-order valence-corrected chi connectivity index (χ1v) is 7.38. The van der Waals surface area contributed by atoms with E-state index in [1.807, 2.05) is 6.92 Å². The third-order valence-corrected chi connectivity index (χ3v) is 4.58. The fraction of sp³-hybridized carbons (Fsp3) is 0.933. The fourth-order valence-electron chi connectivity index (χ4n) is 3.98. The van der Waals surface area contributed by atoms with E-state index in [9.17, 15) is 5.26 Å². The monoisotopic (exact) mass is 249 g/mol. The standard InChI is InChI=1S/C15H27N3/c1-11(2)17-15(4,10-16)8-12(3)18-9-13-5-6-14(18)7-13/h11-14,17H,5-9H2,1-4H3. The van der Waals surface area contributed by atoms with E-state index in [0.717, 1.165) is 18.4 Å². The lowest BCUT2D eigenvalue weighted by Gasteiger charge is -2.37. The van der Waals surface area contributed by atoms with Crippen molar-refractivity contribution in [3.63, 3.8) is 0 Å². The van der Waals surface area contributed by atoms with Gasteiger partial charge in [-0.05, 0) is 59.3 Å². The second-order valence-electron chi connectivity index (χ2n) is 6.83. The van der Waals surface area contributed by atoms with Gasteiger partial charge in [-0.25, -0.2) is 0 Å². The molecule has 2 fully saturated rings. The number of nitriles is 1. The lowest BCUT2D eigenvalue weighted by atomic mass is 9.92. The van der Waals surface area contributed by atoms with Gasteiger partial charge in [0, 0.05) is 24.7 Å². The summed E-state index contributed by atoms with van der Waals surface area (Å²) in [6.07, 6.45) is 5.11. The summed E-state index contributed by atoms with van der Waals surface area (Å²) in [5.41, 5.74) is -0.393. The molecule has 1 saturated carbocycles. The molecule has 0 aromatic heterocycles. The van der Waals surface area contributed by atoms with Crippen LogP contribution in [0.5, 0.6) is 0 Å². The SMILES string of the molecule is CC(C)NC(C)(C#N)CC(C)N1CC2CCC1C2. The Bertz CT molecular complexity index is 333. The van der Waals surface area contributed by atoms with E-state index in [2.05, 4.69) is 37.1 Å². The lowest BCUT2D eigenvalue weighted by Crippen LogP contribution is -2.50. The number of nitrogens with zero attached hydrogens (tertiary/aromatic N) is 2. The molecule has 0 aromatic rings. The minimum Gasteiger partial charge on any atom is -0.297 e. The van der Waals surface area contributed by atoms with Gasteiger partial charge in [0.1, 0.15) is 5.54 Å². The highest BCUT2D eigenvalue weighted by molar-refractivity contribution is 5.07. The average molecular weight is 249 g/mol. The van der Waals surface area contributed by atoms with E-state index in [1.54, 1.807) is 0 Å². The van der Waals surface area contributed by atoms with Gasteiger partial charge in [-0.2, -0.15) is 5.26 Å². The number of nitrogens with one attached hydrogen (secondary N) is 1. The zero-order chi connectivity index (χ0) is 13.3. The molecule has 102 valence electrons. The molecule has 4 unspecified atom stereocenters. The number of hydrogen-bond acceptors (Lipinski definition) is 3. The van der Waals surface area contributed by atoms with Gasteiger partial charge in [0.2, 0.25) is 0 Å². The molecule has 4 atom stereocenters. The molecule has 3 nitrogen and oxygen atoms in total. The first-order valence-electron chi connectivity index (χ1n) is 7.38. The Morgan fingerprint density at radius 1 is 1.39 bits per heavy atom. The summed E-state index contributed by atoms with van der Waals surface area (Å²) >= 11 is 0. The molecule has 2 bridgehead atoms. The van der Waals surface area contributed by atoms with Crippen molar-refractivity contribution >= 4 is 0 Å². The van der Waals surface area contributed by atoms with E-state index in [0.29, 0.717) is 12.1 Å². The average Bonchev–Trinajstić information content (AvgIpc) is 2.89. The molecule has 1 N–H and O–H groups in total. The number of hydrogen-bond donors (Lipinski definition) is 1. The quantitative estimate of drug-likeness (QED) is 0.814. The van der Waals surface area contributed by atoms with E-state index in [-0.39, 0.29) is 0 Å². The molecule has 3 heteroatoms. The van der Waals surface area contributed by atoms with Crippen molar-refractivity contribution in [1.29, 1.82) is 5.26 Å². The van der Waals surface area contributed by atoms with E-state index in [1.165, 1.54) is 25.8 Å². The maximum absolute atomic E-state index is 9.43. The maximum Gasteiger partial charge on any atom is 0.105 e. The number of likely N-dealkylation sites (tertiary alicyclic amines) is 1. The van der Waals surface area contributed by atoms with Crippen molar-refractivity contribution in [1.82, 2.24) is 10.2 Å². The minimum absolute atomic E-state index is 0.358. The molecule has 18 heavy (non-hydrogen) atoms. The van der Waals surface area contributed by atoms with E-state index in [4.69, 9.17) is 0 Å². The molecule has 0 amide bonds. The van der Waals surface area contributed by atoms with Crippen LogP contribution < -0.4 is 5.32 Å². The number of fused-ring (bicyclic) bond motifs is 2. The first kappa shape index (κ1) is 13.8. The Kier molecular flexibility index (Phi) is 3.99. The topological polar surface area (TPSA) is 39.1 Å². The normalized spacial score (nSPS) is 32.4. The van der Waals surface area contributed by atoms with Crippen LogP contribution in [0.15, 0.2) is 0 Å². The Morgan fingerprint density at radius 3 is 2.56 bits per heavy atom. The predicted octanol–water partition coefficient (Wildman–Crippen LogP) is 2.53. The molecule has 1 aliphatic carbocycles. The third kappa shape index (κ3) is 2.87. The van der Waals surface area contributed by atoms with Crippen LogP contribution in [0, 0.1) is 17.2 Å². The second-order valence-corrected chi connectivity index (χ2v) is 6.83. The number of piperidine rings is 1. The summed E-state index contributed by atoms with van der Waals surface area (Å²) in [5.74, 6) is 0.934. The van der Waals surface area contributed by atoms with Crippen LogP contribution >= 0.6 is 0 Å². The summed E-state index contributed by atoms with van der Waals surface area (Å²) in [6, 6.07) is 4.14. The van der Waals surface area contributed by atoms with Crippen LogP contribution in [0.4, 0.5) is 0 Å². The van der Waals surface area contributed by atoms with Gasteiger partial charge >= 0.3 is 0 Å². The minimum atomic E-state index is -0.393. The van der Waals surface area contributed by atoms with Crippen molar-refractivity contribution in [3.05, 3.63) is 0 Å². The van der Waals surface area contributed by atoms with Crippen molar-refractivity contribution in [2.45, 2.75) is 77.0 Å². The van der Waals surface area contributed by atoms with Gasteiger partial charge in [0.25, 0.3) is 0 Å². The van der Waals surface area contributed by atoms with Crippen LogP contribution in [0.3, 0.4) is 0 Å². The van der Waals surface area contributed by atoms with Crippen LogP contribution in [0.25, 0.3) is 0 Å². The Labute approximate surface area is 112 Å². The van der Waals surface area contributed by atoms with Gasteiger partial charge in [-0.3, -0.25) is 10.2 Å². The summed E-state index contributed by atoms with van der Waals surface area (Å²) in [5, 5.41) is 12.8. The van der Waals surface area contributed by atoms with Crippen LogP contribution in [-0.4, -0.2) is 35.1 Å². The Morgan fingerprint density at radius 2 is 2.11 bits per heavy atom. The molecule has 1 heterocycles. The molecule has 1 saturated heterocycles. The lowest BCUT2D eigenvalue weighted by molar-refractivity contribution is 0.134. The summed E-state index contributed by atoms with van der Waals surface area (Å²) in [4.78, 5) is 2.64. The van der Waals surface area contributed by atoms with Crippen molar-refractivity contribution in [3.8, 4) is 6.07 Å². The molecule has 1 aliphatic heterocycles. The molecule has 0 radical (unpaired) electrons. The Hall–Kier alpha value is -0.590. The van der Waals surface area contributed by atoms with Gasteiger partial charge < -0.3 is 0 Å². The first-order chi connectivity index (χ1) is 8.43. The molecular weight excluding hydrogens is 222 g/mol. The van der Waals surface area contributed by atoms with Crippen LogP contribution in [0.1, 0.15) is 53.4 Å². The summed E-state index contributed by atoms with van der Waals surface area (Å²) < 4.78 is 0. The maximum atomic E-state index is 9.43. The Balaban J connectivity index is 1.93. The van der Waals surface area contributed by atoms with Gasteiger partial charge in [-0.1, -0.05) is 0 Å². The molecular formula is C15H27N3. The highest BCUT2D eigenvalue weighted by atomic mass is 15.2. The van der Waals surface area contributed by atoms with Crippen molar-refractivity contribution in [2.75, 3.05) is 6.54 Å². The predicted molar refractivity (Wildman–Crippen MR) is 74.2 cm³/mol. The zero-order valence-corrected chi connectivity index (χ0v) is 12.2. The van der Waals surface area contributed by atoms with Gasteiger partial charge in [-0.15, -0.1) is 0 Å². The van der Waals surface area contributed by atoms with Crippen molar-refractivity contribution in [2.24, 2.45) is 5.92 Å². The molecule has 0 aromatic carbocycles. The second kappa shape index (κ2) is 5.19. The van der Waals surface area contributed by atoms with Gasteiger partial charge in [0.15, 0.2) is 0 Å². The number of rotatable bonds is 5. The van der Waals surface area contributed by atoms with Crippen LogP contribution in [-0.2, 0) is 0 Å². The zero-order valence-electron chi connectivity index (χ0n) is 12.2. The molecule has 0 spiro atoms. The highest BCUT2D eigenvalue weighted by Crippen LogP contribution is 2.39. The molecule has 2 aliphatic rings. The van der Waals surface area contributed by atoms with Crippen molar-refractivity contribution < 1.29 is 0 Å². The van der Waals surface area contributed by atoms with Crippen LogP contribution in [0.2, 0.25) is 0 Å².